The maximum Gasteiger partial charge on any atom is 0.142 e. The number of hydrogen-bond acceptors (Lipinski definition) is 1. The molecule has 0 fully saturated rings. The number of rotatable bonds is 3. The van der Waals surface area contributed by atoms with Crippen LogP contribution in [0.2, 0.25) is 5.02 Å². The van der Waals surface area contributed by atoms with Crippen LogP contribution in [-0.2, 0) is 0 Å². The highest BCUT2D eigenvalue weighted by atomic mass is 127. The first-order valence-electron chi connectivity index (χ1n) is 5.60. The van der Waals surface area contributed by atoms with Gasteiger partial charge in [-0.3, -0.25) is 0 Å². The van der Waals surface area contributed by atoms with Crippen LogP contribution in [0.5, 0.6) is 0 Å². The Balaban J connectivity index is 2.56. The zero-order chi connectivity index (χ0) is 14.0. The van der Waals surface area contributed by atoms with Gasteiger partial charge in [0.25, 0.3) is 0 Å². The number of hydrogen-bond donors (Lipinski definition) is 1. The Morgan fingerprint density at radius 2 is 2.00 bits per heavy atom. The molecule has 2 aromatic carbocycles. The Kier molecular flexibility index (Phi) is 5.22. The van der Waals surface area contributed by atoms with Gasteiger partial charge in [-0.15, -0.1) is 0 Å². The van der Waals surface area contributed by atoms with E-state index in [2.05, 4.69) is 43.8 Å². The van der Waals surface area contributed by atoms with Crippen molar-refractivity contribution in [1.82, 2.24) is 5.32 Å². The van der Waals surface area contributed by atoms with Gasteiger partial charge in [-0.1, -0.05) is 23.7 Å². The fourth-order valence-corrected chi connectivity index (χ4v) is 3.17. The lowest BCUT2D eigenvalue weighted by atomic mass is 9.98. The van der Waals surface area contributed by atoms with Gasteiger partial charge in [-0.25, -0.2) is 4.39 Å². The lowest BCUT2D eigenvalue weighted by Gasteiger charge is -2.20. The normalized spacial score (nSPS) is 12.5. The minimum Gasteiger partial charge on any atom is -0.309 e. The van der Waals surface area contributed by atoms with Gasteiger partial charge in [0.15, 0.2) is 0 Å². The monoisotopic (exact) mass is 453 g/mol. The Bertz CT molecular complexity index is 604. The van der Waals surface area contributed by atoms with Crippen molar-refractivity contribution in [3.8, 4) is 0 Å². The average Bonchev–Trinajstić information content (AvgIpc) is 2.39. The predicted molar refractivity (Wildman–Crippen MR) is 89.2 cm³/mol. The van der Waals surface area contributed by atoms with E-state index >= 15 is 0 Å². The van der Waals surface area contributed by atoms with Crippen molar-refractivity contribution >= 4 is 50.1 Å². The van der Waals surface area contributed by atoms with Gasteiger partial charge < -0.3 is 5.32 Å². The number of nitrogens with one attached hydrogen (secondary N) is 1. The van der Waals surface area contributed by atoms with Gasteiger partial charge in [0, 0.05) is 14.2 Å². The van der Waals surface area contributed by atoms with Crippen LogP contribution >= 0.6 is 50.1 Å². The third-order valence-electron chi connectivity index (χ3n) is 2.85. The van der Waals surface area contributed by atoms with Gasteiger partial charge in [0.1, 0.15) is 5.82 Å². The summed E-state index contributed by atoms with van der Waals surface area (Å²) in [7, 11) is 1.81. The van der Waals surface area contributed by atoms with Crippen LogP contribution in [0.1, 0.15) is 17.2 Å². The SMILES string of the molecule is CNC(c1cc(Cl)ccc1I)c1cccc(Br)c1F. The third-order valence-corrected chi connectivity index (χ3v) is 4.68. The molecule has 0 bridgehead atoms. The smallest absolute Gasteiger partial charge is 0.142 e. The molecule has 5 heteroatoms. The van der Waals surface area contributed by atoms with Crippen LogP contribution in [0.4, 0.5) is 4.39 Å². The second-order valence-electron chi connectivity index (χ2n) is 4.03. The van der Waals surface area contributed by atoms with E-state index in [4.69, 9.17) is 11.6 Å². The molecular weight excluding hydrogens is 443 g/mol. The maximum atomic E-state index is 14.2. The van der Waals surface area contributed by atoms with E-state index in [0.29, 0.717) is 15.1 Å². The minimum atomic E-state index is -0.252. The highest BCUT2D eigenvalue weighted by molar-refractivity contribution is 14.1. The first-order chi connectivity index (χ1) is 9.04. The molecule has 0 aliphatic heterocycles. The van der Waals surface area contributed by atoms with Crippen LogP contribution in [0, 0.1) is 9.39 Å². The van der Waals surface area contributed by atoms with Gasteiger partial charge in [0.2, 0.25) is 0 Å². The molecule has 1 unspecified atom stereocenters. The maximum absolute atomic E-state index is 14.2. The summed E-state index contributed by atoms with van der Waals surface area (Å²) in [5, 5.41) is 3.79. The molecule has 0 radical (unpaired) electrons. The summed E-state index contributed by atoms with van der Waals surface area (Å²) < 4.78 is 15.7. The topological polar surface area (TPSA) is 12.0 Å². The van der Waals surface area contributed by atoms with E-state index in [1.807, 2.05) is 31.3 Å². The minimum absolute atomic E-state index is 0.233. The lowest BCUT2D eigenvalue weighted by Crippen LogP contribution is -2.20. The van der Waals surface area contributed by atoms with Crippen LogP contribution in [0.3, 0.4) is 0 Å². The van der Waals surface area contributed by atoms with Gasteiger partial charge in [-0.2, -0.15) is 0 Å². The molecule has 0 heterocycles. The Labute approximate surface area is 138 Å². The standard InChI is InChI=1S/C14H11BrClFIN/c1-19-14(9-3-2-4-11(15)13(9)17)10-7-8(16)5-6-12(10)18/h2-7,14,19H,1H3. The average molecular weight is 455 g/mol. The number of benzene rings is 2. The summed E-state index contributed by atoms with van der Waals surface area (Å²) in [6.07, 6.45) is 0. The second-order valence-corrected chi connectivity index (χ2v) is 6.48. The Hall–Kier alpha value is -0.170. The molecule has 2 rings (SSSR count). The van der Waals surface area contributed by atoms with E-state index in [0.717, 1.165) is 9.13 Å². The summed E-state index contributed by atoms with van der Waals surface area (Å²) >= 11 is 11.5. The summed E-state index contributed by atoms with van der Waals surface area (Å²) in [6.45, 7) is 0. The van der Waals surface area contributed by atoms with Crippen molar-refractivity contribution < 1.29 is 4.39 Å². The summed E-state index contributed by atoms with van der Waals surface area (Å²) in [6, 6.07) is 10.7. The second kappa shape index (κ2) is 6.52. The van der Waals surface area contributed by atoms with Crippen LogP contribution < -0.4 is 5.32 Å². The van der Waals surface area contributed by atoms with Crippen molar-refractivity contribution in [3.63, 3.8) is 0 Å². The van der Waals surface area contributed by atoms with E-state index in [1.165, 1.54) is 0 Å². The molecule has 0 aromatic heterocycles. The van der Waals surface area contributed by atoms with Crippen molar-refractivity contribution in [1.29, 1.82) is 0 Å². The first-order valence-corrected chi connectivity index (χ1v) is 7.85. The largest absolute Gasteiger partial charge is 0.309 e. The molecular formula is C14H11BrClFIN. The molecule has 0 spiro atoms. The molecule has 19 heavy (non-hydrogen) atoms. The zero-order valence-electron chi connectivity index (χ0n) is 10.1. The van der Waals surface area contributed by atoms with Crippen LogP contribution in [0.15, 0.2) is 40.9 Å². The number of halogens is 4. The van der Waals surface area contributed by atoms with Gasteiger partial charge >= 0.3 is 0 Å². The van der Waals surface area contributed by atoms with E-state index in [-0.39, 0.29) is 11.9 Å². The fraction of sp³-hybridized carbons (Fsp3) is 0.143. The summed E-state index contributed by atoms with van der Waals surface area (Å²) in [4.78, 5) is 0. The van der Waals surface area contributed by atoms with Crippen LogP contribution in [-0.4, -0.2) is 7.05 Å². The third kappa shape index (κ3) is 3.29. The highest BCUT2D eigenvalue weighted by Crippen LogP contribution is 2.31. The fourth-order valence-electron chi connectivity index (χ4n) is 1.96. The summed E-state index contributed by atoms with van der Waals surface area (Å²) in [5.74, 6) is -0.252. The quantitative estimate of drug-likeness (QED) is 0.633. The van der Waals surface area contributed by atoms with Crippen molar-refractivity contribution in [2.24, 2.45) is 0 Å². The Morgan fingerprint density at radius 3 is 2.68 bits per heavy atom. The van der Waals surface area contributed by atoms with E-state index in [1.54, 1.807) is 12.1 Å². The molecule has 0 saturated heterocycles. The van der Waals surface area contributed by atoms with E-state index in [9.17, 15) is 4.39 Å². The molecule has 2 aromatic rings. The molecule has 0 aliphatic rings. The lowest BCUT2D eigenvalue weighted by molar-refractivity contribution is 0.570. The van der Waals surface area contributed by atoms with Crippen molar-refractivity contribution in [3.05, 3.63) is 66.4 Å². The summed E-state index contributed by atoms with van der Waals surface area (Å²) in [5.41, 5.74) is 1.56. The molecule has 1 nitrogen and oxygen atoms in total. The van der Waals surface area contributed by atoms with Crippen molar-refractivity contribution in [2.45, 2.75) is 6.04 Å². The molecule has 1 atom stereocenters. The molecule has 100 valence electrons. The van der Waals surface area contributed by atoms with E-state index < -0.39 is 0 Å². The molecule has 1 N–H and O–H groups in total. The Morgan fingerprint density at radius 1 is 1.26 bits per heavy atom. The highest BCUT2D eigenvalue weighted by Gasteiger charge is 2.20. The predicted octanol–water partition coefficient (Wildman–Crippen LogP) is 5.16. The van der Waals surface area contributed by atoms with Crippen molar-refractivity contribution in [2.75, 3.05) is 7.05 Å². The molecule has 0 amide bonds. The van der Waals surface area contributed by atoms with Gasteiger partial charge in [0.05, 0.1) is 10.5 Å². The zero-order valence-corrected chi connectivity index (χ0v) is 14.6. The molecule has 0 saturated carbocycles. The van der Waals surface area contributed by atoms with Crippen LogP contribution in [0.25, 0.3) is 0 Å². The first kappa shape index (κ1) is 15.2. The molecule has 0 aliphatic carbocycles. The van der Waals surface area contributed by atoms with Gasteiger partial charge in [-0.05, 0) is 75.4 Å².